The van der Waals surface area contributed by atoms with Crippen LogP contribution in [0.3, 0.4) is 0 Å². The fourth-order valence-electron chi connectivity index (χ4n) is 3.27. The van der Waals surface area contributed by atoms with Gasteiger partial charge in [0.15, 0.2) is 0 Å². The summed E-state index contributed by atoms with van der Waals surface area (Å²) in [7, 11) is 2.12. The average Bonchev–Trinajstić information content (AvgIpc) is 2.69. The number of likely N-dealkylation sites (N-methyl/N-ethyl adjacent to an activating group) is 1. The zero-order chi connectivity index (χ0) is 20.3. The van der Waals surface area contributed by atoms with Crippen molar-refractivity contribution in [3.05, 3.63) is 40.0 Å². The molecular weight excluding hydrogens is 420 g/mol. The van der Waals surface area contributed by atoms with Crippen LogP contribution in [0.25, 0.3) is 0 Å². The van der Waals surface area contributed by atoms with Gasteiger partial charge >= 0.3 is 0 Å². The first-order chi connectivity index (χ1) is 13.4. The molecule has 1 aromatic carbocycles. The van der Waals surface area contributed by atoms with Crippen molar-refractivity contribution in [1.29, 1.82) is 0 Å². The van der Waals surface area contributed by atoms with Gasteiger partial charge in [-0.25, -0.2) is 4.98 Å². The third kappa shape index (κ3) is 4.44. The number of aromatic nitrogens is 2. The molecule has 7 nitrogen and oxygen atoms in total. The number of piperazine rings is 1. The number of para-hydroxylation sites is 1. The van der Waals surface area contributed by atoms with Crippen LogP contribution in [0.5, 0.6) is 0 Å². The van der Waals surface area contributed by atoms with Crippen molar-refractivity contribution in [2.45, 2.75) is 26.2 Å². The number of hydrogen-bond acceptors (Lipinski definition) is 6. The smallest absolute Gasteiger partial charge is 0.250 e. The van der Waals surface area contributed by atoms with E-state index in [4.69, 9.17) is 10.7 Å². The SMILES string of the molecule is CCC(C)c1cccc(C(N)=O)c1Nc1nc(N2CCN(C)CC2)ncc1Br. The number of halogens is 1. The molecule has 0 radical (unpaired) electrons. The maximum absolute atomic E-state index is 12.0. The Kier molecular flexibility index (Phi) is 6.51. The van der Waals surface area contributed by atoms with Crippen molar-refractivity contribution in [3.63, 3.8) is 0 Å². The number of hydrogen-bond donors (Lipinski definition) is 2. The van der Waals surface area contributed by atoms with Gasteiger partial charge in [-0.2, -0.15) is 4.98 Å². The fourth-order valence-corrected chi connectivity index (χ4v) is 3.56. The van der Waals surface area contributed by atoms with Crippen LogP contribution in [0.4, 0.5) is 17.5 Å². The number of nitrogens with zero attached hydrogens (tertiary/aromatic N) is 4. The minimum Gasteiger partial charge on any atom is -0.366 e. The van der Waals surface area contributed by atoms with Crippen LogP contribution in [0.1, 0.15) is 42.1 Å². The third-order valence-corrected chi connectivity index (χ3v) is 5.85. The number of benzene rings is 1. The summed E-state index contributed by atoms with van der Waals surface area (Å²) in [4.78, 5) is 25.7. The number of nitrogens with one attached hydrogen (secondary N) is 1. The minimum atomic E-state index is -0.461. The van der Waals surface area contributed by atoms with Crippen molar-refractivity contribution in [2.75, 3.05) is 43.4 Å². The maximum Gasteiger partial charge on any atom is 0.250 e. The molecule has 2 heterocycles. The summed E-state index contributed by atoms with van der Waals surface area (Å²) in [5, 5.41) is 3.36. The lowest BCUT2D eigenvalue weighted by Crippen LogP contribution is -2.45. The third-order valence-electron chi connectivity index (χ3n) is 5.27. The Balaban J connectivity index is 1.97. The Morgan fingerprint density at radius 2 is 2.04 bits per heavy atom. The molecule has 1 saturated heterocycles. The summed E-state index contributed by atoms with van der Waals surface area (Å²) in [5.74, 6) is 1.12. The molecule has 2 aromatic rings. The van der Waals surface area contributed by atoms with E-state index in [0.29, 0.717) is 23.0 Å². The van der Waals surface area contributed by atoms with Crippen LogP contribution in [-0.2, 0) is 0 Å². The number of amides is 1. The molecule has 0 spiro atoms. The number of anilines is 3. The highest BCUT2D eigenvalue weighted by molar-refractivity contribution is 9.10. The highest BCUT2D eigenvalue weighted by Crippen LogP contribution is 2.34. The second kappa shape index (κ2) is 8.87. The predicted octanol–water partition coefficient (Wildman–Crippen LogP) is 3.35. The molecule has 1 aliphatic heterocycles. The molecule has 28 heavy (non-hydrogen) atoms. The average molecular weight is 447 g/mol. The molecular formula is C20H27BrN6O. The molecule has 1 fully saturated rings. The Hall–Kier alpha value is -2.19. The Morgan fingerprint density at radius 3 is 2.68 bits per heavy atom. The van der Waals surface area contributed by atoms with E-state index in [1.54, 1.807) is 12.3 Å². The Bertz CT molecular complexity index is 851. The fraction of sp³-hybridized carbons (Fsp3) is 0.450. The molecule has 0 saturated carbocycles. The van der Waals surface area contributed by atoms with Gasteiger partial charge in [0.2, 0.25) is 5.95 Å². The highest BCUT2D eigenvalue weighted by Gasteiger charge is 2.20. The molecule has 8 heteroatoms. The van der Waals surface area contributed by atoms with Crippen molar-refractivity contribution in [2.24, 2.45) is 5.73 Å². The normalized spacial score (nSPS) is 16.1. The molecule has 0 bridgehead atoms. The monoisotopic (exact) mass is 446 g/mol. The van der Waals surface area contributed by atoms with Gasteiger partial charge in [-0.15, -0.1) is 0 Å². The second-order valence-electron chi connectivity index (χ2n) is 7.23. The second-order valence-corrected chi connectivity index (χ2v) is 8.08. The van der Waals surface area contributed by atoms with Crippen LogP contribution in [0.15, 0.2) is 28.9 Å². The van der Waals surface area contributed by atoms with Gasteiger partial charge in [0, 0.05) is 32.4 Å². The predicted molar refractivity (Wildman–Crippen MR) is 116 cm³/mol. The molecule has 3 N–H and O–H groups in total. The number of carbonyl (C=O) groups is 1. The van der Waals surface area contributed by atoms with Crippen molar-refractivity contribution >= 4 is 39.3 Å². The van der Waals surface area contributed by atoms with Gasteiger partial charge in [0.1, 0.15) is 5.82 Å². The quantitative estimate of drug-likeness (QED) is 0.707. The molecule has 3 rings (SSSR count). The molecule has 150 valence electrons. The first kappa shape index (κ1) is 20.5. The largest absolute Gasteiger partial charge is 0.366 e. The molecule has 1 atom stereocenters. The van der Waals surface area contributed by atoms with Crippen LogP contribution in [-0.4, -0.2) is 54.0 Å². The van der Waals surface area contributed by atoms with Gasteiger partial charge < -0.3 is 20.9 Å². The number of rotatable bonds is 6. The van der Waals surface area contributed by atoms with Crippen LogP contribution in [0.2, 0.25) is 0 Å². The van der Waals surface area contributed by atoms with Gasteiger partial charge in [0.25, 0.3) is 5.91 Å². The van der Waals surface area contributed by atoms with Crippen molar-refractivity contribution < 1.29 is 4.79 Å². The van der Waals surface area contributed by atoms with Crippen molar-refractivity contribution in [1.82, 2.24) is 14.9 Å². The topological polar surface area (TPSA) is 87.4 Å². The van der Waals surface area contributed by atoms with Gasteiger partial charge in [-0.3, -0.25) is 4.79 Å². The lowest BCUT2D eigenvalue weighted by molar-refractivity contribution is 0.100. The zero-order valence-corrected chi connectivity index (χ0v) is 18.2. The van der Waals surface area contributed by atoms with Gasteiger partial charge in [0.05, 0.1) is 15.7 Å². The summed E-state index contributed by atoms with van der Waals surface area (Å²) >= 11 is 3.53. The van der Waals surface area contributed by atoms with E-state index in [-0.39, 0.29) is 5.92 Å². The maximum atomic E-state index is 12.0. The number of carbonyl (C=O) groups excluding carboxylic acids is 1. The summed E-state index contributed by atoms with van der Waals surface area (Å²) in [6.07, 6.45) is 2.70. The van der Waals surface area contributed by atoms with Gasteiger partial charge in [-0.05, 0) is 46.9 Å². The van der Waals surface area contributed by atoms with E-state index >= 15 is 0 Å². The molecule has 1 aromatic heterocycles. The number of nitrogens with two attached hydrogens (primary N) is 1. The molecule has 0 aliphatic carbocycles. The van der Waals surface area contributed by atoms with E-state index in [0.717, 1.165) is 42.6 Å². The lowest BCUT2D eigenvalue weighted by atomic mass is 9.94. The zero-order valence-electron chi connectivity index (χ0n) is 16.6. The van der Waals surface area contributed by atoms with Gasteiger partial charge in [-0.1, -0.05) is 26.0 Å². The molecule has 1 unspecified atom stereocenters. The Labute approximate surface area is 174 Å². The van der Waals surface area contributed by atoms with E-state index in [9.17, 15) is 4.79 Å². The van der Waals surface area contributed by atoms with E-state index in [1.807, 2.05) is 12.1 Å². The first-order valence-corrected chi connectivity index (χ1v) is 10.4. The highest BCUT2D eigenvalue weighted by atomic mass is 79.9. The summed E-state index contributed by atoms with van der Waals surface area (Å²) in [6, 6.07) is 5.64. The van der Waals surface area contributed by atoms with Crippen molar-refractivity contribution in [3.8, 4) is 0 Å². The summed E-state index contributed by atoms with van der Waals surface area (Å²) in [5.41, 5.74) is 7.87. The van der Waals surface area contributed by atoms with Crippen LogP contribution < -0.4 is 16.0 Å². The Morgan fingerprint density at radius 1 is 1.32 bits per heavy atom. The number of primary amides is 1. The van der Waals surface area contributed by atoms with Crippen LogP contribution in [0, 0.1) is 0 Å². The summed E-state index contributed by atoms with van der Waals surface area (Å²) < 4.78 is 0.736. The van der Waals surface area contributed by atoms with Crippen LogP contribution >= 0.6 is 15.9 Å². The van der Waals surface area contributed by atoms with E-state index in [2.05, 4.69) is 56.9 Å². The lowest BCUT2D eigenvalue weighted by Gasteiger charge is -2.32. The summed E-state index contributed by atoms with van der Waals surface area (Å²) in [6.45, 7) is 7.98. The molecule has 1 aliphatic rings. The standard InChI is InChI=1S/C20H27BrN6O/c1-4-13(2)14-6-5-7-15(18(22)28)17(14)24-19-16(21)12-23-20(25-19)27-10-8-26(3)9-11-27/h5-7,12-13H,4,8-11H2,1-3H3,(H2,22,28)(H,23,24,25). The minimum absolute atomic E-state index is 0.277. The first-order valence-electron chi connectivity index (χ1n) is 9.56. The molecule has 1 amide bonds. The van der Waals surface area contributed by atoms with E-state index in [1.165, 1.54) is 0 Å². The van der Waals surface area contributed by atoms with E-state index < -0.39 is 5.91 Å².